The van der Waals surface area contributed by atoms with Crippen molar-refractivity contribution in [1.82, 2.24) is 4.90 Å². The highest BCUT2D eigenvalue weighted by atomic mass is 15.3. The number of likely N-dealkylation sites (N-methyl/N-ethyl adjacent to an activating group) is 1. The number of benzene rings is 1. The van der Waals surface area contributed by atoms with Gasteiger partial charge in [0, 0.05) is 17.5 Å². The van der Waals surface area contributed by atoms with Crippen molar-refractivity contribution in [3.63, 3.8) is 0 Å². The van der Waals surface area contributed by atoms with Crippen LogP contribution in [0.15, 0.2) is 18.2 Å². The molecular weight excluding hydrogens is 206 g/mol. The fourth-order valence-corrected chi connectivity index (χ4v) is 4.18. The van der Waals surface area contributed by atoms with Crippen LogP contribution in [0.1, 0.15) is 43.4 Å². The van der Waals surface area contributed by atoms with Crippen LogP contribution in [0.25, 0.3) is 0 Å². The van der Waals surface area contributed by atoms with Crippen LogP contribution >= 0.6 is 0 Å². The van der Waals surface area contributed by atoms with Gasteiger partial charge < -0.3 is 0 Å². The summed E-state index contributed by atoms with van der Waals surface area (Å²) in [5.74, 6) is 0. The van der Waals surface area contributed by atoms with Crippen LogP contribution in [0.5, 0.6) is 0 Å². The molecule has 0 bridgehead atoms. The SMILES string of the molecule is CCC1(CC)c2cc(C)ccc2CC2C1N2C. The molecule has 3 unspecified atom stereocenters. The average Bonchev–Trinajstić information content (AvgIpc) is 2.98. The van der Waals surface area contributed by atoms with Crippen LogP contribution in [0.3, 0.4) is 0 Å². The molecule has 1 fully saturated rings. The third-order valence-corrected chi connectivity index (χ3v) is 5.30. The van der Waals surface area contributed by atoms with E-state index in [2.05, 4.69) is 50.9 Å². The van der Waals surface area contributed by atoms with Gasteiger partial charge in [0.15, 0.2) is 0 Å². The van der Waals surface area contributed by atoms with E-state index in [1.54, 1.807) is 11.1 Å². The van der Waals surface area contributed by atoms with Gasteiger partial charge >= 0.3 is 0 Å². The molecule has 0 saturated carbocycles. The van der Waals surface area contributed by atoms with Gasteiger partial charge in [-0.25, -0.2) is 0 Å². The number of hydrogen-bond acceptors (Lipinski definition) is 1. The van der Waals surface area contributed by atoms with E-state index < -0.39 is 0 Å². The topological polar surface area (TPSA) is 3.01 Å². The first-order valence-corrected chi connectivity index (χ1v) is 6.96. The highest BCUT2D eigenvalue weighted by Gasteiger charge is 2.59. The van der Waals surface area contributed by atoms with E-state index in [9.17, 15) is 0 Å². The number of rotatable bonds is 2. The van der Waals surface area contributed by atoms with Crippen molar-refractivity contribution in [2.75, 3.05) is 7.05 Å². The van der Waals surface area contributed by atoms with Crippen LogP contribution in [0, 0.1) is 6.92 Å². The summed E-state index contributed by atoms with van der Waals surface area (Å²) in [7, 11) is 2.30. The molecule has 92 valence electrons. The monoisotopic (exact) mass is 229 g/mol. The maximum absolute atomic E-state index is 2.59. The molecule has 0 amide bonds. The molecule has 0 aromatic heterocycles. The van der Waals surface area contributed by atoms with Crippen molar-refractivity contribution < 1.29 is 0 Å². The molecule has 0 radical (unpaired) electrons. The summed E-state index contributed by atoms with van der Waals surface area (Å²) in [6.07, 6.45) is 3.80. The molecular formula is C16H23N. The highest BCUT2D eigenvalue weighted by Crippen LogP contribution is 2.53. The molecule has 2 aliphatic rings. The summed E-state index contributed by atoms with van der Waals surface area (Å²) in [5, 5.41) is 0. The number of nitrogens with zero attached hydrogens (tertiary/aromatic N) is 1. The van der Waals surface area contributed by atoms with Gasteiger partial charge in [-0.3, -0.25) is 4.90 Å². The number of aryl methyl sites for hydroxylation is 1. The summed E-state index contributed by atoms with van der Waals surface area (Å²) >= 11 is 0. The Hall–Kier alpha value is -0.820. The molecule has 1 aromatic carbocycles. The molecule has 1 saturated heterocycles. The summed E-state index contributed by atoms with van der Waals surface area (Å²) in [6, 6.07) is 8.70. The van der Waals surface area contributed by atoms with Gasteiger partial charge in [-0.05, 0) is 44.4 Å². The lowest BCUT2D eigenvalue weighted by molar-refractivity contribution is 0.337. The van der Waals surface area contributed by atoms with E-state index in [1.807, 2.05) is 0 Å². The fraction of sp³-hybridized carbons (Fsp3) is 0.625. The van der Waals surface area contributed by atoms with E-state index in [0.29, 0.717) is 5.41 Å². The zero-order valence-electron chi connectivity index (χ0n) is 11.5. The Kier molecular flexibility index (Phi) is 2.38. The Morgan fingerprint density at radius 2 is 2.00 bits per heavy atom. The molecule has 0 N–H and O–H groups in total. The lowest BCUT2D eigenvalue weighted by Crippen LogP contribution is -2.37. The molecule has 17 heavy (non-hydrogen) atoms. The van der Waals surface area contributed by atoms with Crippen molar-refractivity contribution in [1.29, 1.82) is 0 Å². The van der Waals surface area contributed by atoms with Crippen molar-refractivity contribution in [2.45, 2.75) is 57.5 Å². The summed E-state index contributed by atoms with van der Waals surface area (Å²) in [6.45, 7) is 6.95. The van der Waals surface area contributed by atoms with Gasteiger partial charge in [-0.1, -0.05) is 37.6 Å². The largest absolute Gasteiger partial charge is 0.296 e. The maximum Gasteiger partial charge on any atom is 0.0352 e. The lowest BCUT2D eigenvalue weighted by atomic mass is 9.66. The minimum Gasteiger partial charge on any atom is -0.296 e. The molecule has 1 heterocycles. The molecule has 1 heteroatoms. The number of hydrogen-bond donors (Lipinski definition) is 0. The second kappa shape index (κ2) is 3.58. The normalized spacial score (nSPS) is 32.8. The van der Waals surface area contributed by atoms with Gasteiger partial charge in [0.2, 0.25) is 0 Å². The first kappa shape index (κ1) is 11.3. The first-order valence-electron chi connectivity index (χ1n) is 6.96. The van der Waals surface area contributed by atoms with Crippen LogP contribution < -0.4 is 0 Å². The predicted octanol–water partition coefficient (Wildman–Crippen LogP) is 3.29. The van der Waals surface area contributed by atoms with E-state index in [4.69, 9.17) is 0 Å². The van der Waals surface area contributed by atoms with Crippen molar-refractivity contribution in [2.24, 2.45) is 0 Å². The molecule has 1 aliphatic carbocycles. The van der Waals surface area contributed by atoms with E-state index >= 15 is 0 Å². The van der Waals surface area contributed by atoms with Crippen LogP contribution in [0.4, 0.5) is 0 Å². The van der Waals surface area contributed by atoms with Gasteiger partial charge in [0.25, 0.3) is 0 Å². The third kappa shape index (κ3) is 1.35. The standard InChI is InChI=1S/C16H23N/c1-5-16(6-2)13-9-11(3)7-8-12(13)10-14-15(16)17(14)4/h7-9,14-15H,5-6,10H2,1-4H3. The Balaban J connectivity index is 2.16. The lowest BCUT2D eigenvalue weighted by Gasteiger charge is -2.37. The van der Waals surface area contributed by atoms with Crippen LogP contribution in [-0.2, 0) is 11.8 Å². The zero-order chi connectivity index (χ0) is 12.2. The molecule has 1 aromatic rings. The first-order chi connectivity index (χ1) is 8.14. The zero-order valence-corrected chi connectivity index (χ0v) is 11.5. The van der Waals surface area contributed by atoms with E-state index in [0.717, 1.165) is 12.1 Å². The fourth-order valence-electron chi connectivity index (χ4n) is 4.18. The Morgan fingerprint density at radius 3 is 2.65 bits per heavy atom. The summed E-state index contributed by atoms with van der Waals surface area (Å²) < 4.78 is 0. The quantitative estimate of drug-likeness (QED) is 0.703. The minimum atomic E-state index is 0.416. The van der Waals surface area contributed by atoms with E-state index in [1.165, 1.54) is 24.8 Å². The highest BCUT2D eigenvalue weighted by molar-refractivity contribution is 5.46. The third-order valence-electron chi connectivity index (χ3n) is 5.30. The predicted molar refractivity (Wildman–Crippen MR) is 72.5 cm³/mol. The number of fused-ring (bicyclic) bond motifs is 2. The maximum atomic E-state index is 2.59. The second-order valence-corrected chi connectivity index (χ2v) is 5.91. The second-order valence-electron chi connectivity index (χ2n) is 5.91. The molecule has 1 aliphatic heterocycles. The molecule has 3 rings (SSSR count). The van der Waals surface area contributed by atoms with Crippen molar-refractivity contribution >= 4 is 0 Å². The summed E-state index contributed by atoms with van der Waals surface area (Å²) in [5.41, 5.74) is 5.08. The van der Waals surface area contributed by atoms with Gasteiger partial charge in [-0.2, -0.15) is 0 Å². The van der Waals surface area contributed by atoms with Gasteiger partial charge in [0.1, 0.15) is 0 Å². The Bertz CT molecular complexity index is 445. The molecule has 1 nitrogen and oxygen atoms in total. The van der Waals surface area contributed by atoms with Crippen molar-refractivity contribution in [3.8, 4) is 0 Å². The molecule has 3 atom stereocenters. The Morgan fingerprint density at radius 1 is 1.29 bits per heavy atom. The van der Waals surface area contributed by atoms with Crippen LogP contribution in [-0.4, -0.2) is 24.0 Å². The minimum absolute atomic E-state index is 0.416. The molecule has 0 spiro atoms. The Labute approximate surface area is 105 Å². The van der Waals surface area contributed by atoms with Gasteiger partial charge in [0.05, 0.1) is 0 Å². The average molecular weight is 229 g/mol. The van der Waals surface area contributed by atoms with E-state index in [-0.39, 0.29) is 0 Å². The van der Waals surface area contributed by atoms with Gasteiger partial charge in [-0.15, -0.1) is 0 Å². The van der Waals surface area contributed by atoms with Crippen LogP contribution in [0.2, 0.25) is 0 Å². The van der Waals surface area contributed by atoms with Crippen molar-refractivity contribution in [3.05, 3.63) is 34.9 Å². The summed E-state index contributed by atoms with van der Waals surface area (Å²) in [4.78, 5) is 2.59. The smallest absolute Gasteiger partial charge is 0.0352 e.